The van der Waals surface area contributed by atoms with Crippen LogP contribution in [-0.4, -0.2) is 19.6 Å². The molecule has 0 bridgehead atoms. The van der Waals surface area contributed by atoms with E-state index in [1.54, 1.807) is 31.4 Å². The first kappa shape index (κ1) is 17.4. The first-order valence-corrected chi connectivity index (χ1v) is 7.77. The Labute approximate surface area is 145 Å². The highest BCUT2D eigenvalue weighted by Gasteiger charge is 2.12. The molecule has 1 N–H and O–H groups in total. The molecule has 0 saturated carbocycles. The molecule has 0 unspecified atom stereocenters. The van der Waals surface area contributed by atoms with Crippen LogP contribution in [0.4, 0.5) is 0 Å². The number of amides is 1. The number of rotatable bonds is 6. The number of nitrogens with one attached hydrogen (secondary N) is 1. The van der Waals surface area contributed by atoms with Crippen molar-refractivity contribution in [3.8, 4) is 11.5 Å². The number of hydrogen-bond donors (Lipinski definition) is 1. The average molecular weight is 354 g/mol. The quantitative estimate of drug-likeness (QED) is 0.843. The van der Waals surface area contributed by atoms with Crippen LogP contribution in [0.3, 0.4) is 0 Å². The highest BCUT2D eigenvalue weighted by atomic mass is 35.5. The van der Waals surface area contributed by atoms with E-state index >= 15 is 0 Å². The molecule has 0 saturated heterocycles. The molecule has 4 nitrogen and oxygen atoms in total. The van der Waals surface area contributed by atoms with E-state index in [0.717, 1.165) is 5.56 Å². The number of hydrogen-bond acceptors (Lipinski definition) is 3. The third-order valence-electron chi connectivity index (χ3n) is 3.25. The Bertz CT molecular complexity index is 691. The molecule has 0 aromatic heterocycles. The number of methoxy groups -OCH3 is 1. The molecule has 0 aliphatic carbocycles. The second kappa shape index (κ2) is 8.09. The minimum absolute atomic E-state index is 0.105. The highest BCUT2D eigenvalue weighted by molar-refractivity contribution is 6.42. The van der Waals surface area contributed by atoms with Gasteiger partial charge in [0.15, 0.2) is 18.1 Å². The summed E-state index contributed by atoms with van der Waals surface area (Å²) < 4.78 is 10.7. The molecule has 122 valence electrons. The smallest absolute Gasteiger partial charge is 0.258 e. The fourth-order valence-electron chi connectivity index (χ4n) is 2.03. The van der Waals surface area contributed by atoms with E-state index in [1.165, 1.54) is 0 Å². The Morgan fingerprint density at radius 2 is 1.83 bits per heavy atom. The zero-order valence-electron chi connectivity index (χ0n) is 12.8. The van der Waals surface area contributed by atoms with Gasteiger partial charge in [-0.3, -0.25) is 4.79 Å². The first-order valence-electron chi connectivity index (χ1n) is 7.01. The first-order chi connectivity index (χ1) is 11.0. The molecule has 0 radical (unpaired) electrons. The number of benzene rings is 2. The van der Waals surface area contributed by atoms with Crippen molar-refractivity contribution in [2.75, 3.05) is 13.7 Å². The highest BCUT2D eigenvalue weighted by Crippen LogP contribution is 2.26. The van der Waals surface area contributed by atoms with Gasteiger partial charge in [0.1, 0.15) is 0 Å². The van der Waals surface area contributed by atoms with Crippen LogP contribution < -0.4 is 14.8 Å². The van der Waals surface area contributed by atoms with Crippen LogP contribution in [0.1, 0.15) is 18.5 Å². The van der Waals surface area contributed by atoms with Gasteiger partial charge in [0.05, 0.1) is 23.2 Å². The van der Waals surface area contributed by atoms with Crippen LogP contribution in [-0.2, 0) is 4.79 Å². The molecule has 6 heteroatoms. The predicted octanol–water partition coefficient (Wildman–Crippen LogP) is 4.26. The van der Waals surface area contributed by atoms with Gasteiger partial charge in [0.25, 0.3) is 5.91 Å². The normalized spacial score (nSPS) is 11.7. The number of para-hydroxylation sites is 2. The largest absolute Gasteiger partial charge is 0.493 e. The molecule has 0 aliphatic rings. The third-order valence-corrected chi connectivity index (χ3v) is 3.99. The molecule has 0 spiro atoms. The Kier molecular flexibility index (Phi) is 6.13. The van der Waals surface area contributed by atoms with E-state index in [0.29, 0.717) is 21.5 Å². The molecular formula is C17H17Cl2NO3. The van der Waals surface area contributed by atoms with Crippen LogP contribution in [0.5, 0.6) is 11.5 Å². The van der Waals surface area contributed by atoms with Gasteiger partial charge in [0.2, 0.25) is 0 Å². The van der Waals surface area contributed by atoms with Gasteiger partial charge in [-0.15, -0.1) is 0 Å². The summed E-state index contributed by atoms with van der Waals surface area (Å²) in [6.07, 6.45) is 0. The van der Waals surface area contributed by atoms with Crippen molar-refractivity contribution in [1.82, 2.24) is 5.32 Å². The van der Waals surface area contributed by atoms with Crippen molar-refractivity contribution < 1.29 is 14.3 Å². The maximum Gasteiger partial charge on any atom is 0.258 e. The lowest BCUT2D eigenvalue weighted by Gasteiger charge is -2.16. The zero-order chi connectivity index (χ0) is 16.8. The monoisotopic (exact) mass is 353 g/mol. The Hall–Kier alpha value is -1.91. The lowest BCUT2D eigenvalue weighted by atomic mass is 10.1. The molecule has 1 atom stereocenters. The predicted molar refractivity (Wildman–Crippen MR) is 91.5 cm³/mol. The maximum atomic E-state index is 12.0. The van der Waals surface area contributed by atoms with Crippen LogP contribution >= 0.6 is 23.2 Å². The summed E-state index contributed by atoms with van der Waals surface area (Å²) in [7, 11) is 1.55. The van der Waals surface area contributed by atoms with E-state index in [1.807, 2.05) is 25.1 Å². The maximum absolute atomic E-state index is 12.0. The summed E-state index contributed by atoms with van der Waals surface area (Å²) in [6.45, 7) is 1.76. The zero-order valence-corrected chi connectivity index (χ0v) is 14.3. The van der Waals surface area contributed by atoms with Gasteiger partial charge in [-0.05, 0) is 36.8 Å². The molecule has 0 heterocycles. The second-order valence-corrected chi connectivity index (χ2v) is 5.72. The minimum atomic E-state index is -0.241. The van der Waals surface area contributed by atoms with Crippen molar-refractivity contribution in [1.29, 1.82) is 0 Å². The summed E-state index contributed by atoms with van der Waals surface area (Å²) >= 11 is 11.9. The van der Waals surface area contributed by atoms with E-state index < -0.39 is 0 Å². The number of ether oxygens (including phenoxy) is 2. The van der Waals surface area contributed by atoms with Gasteiger partial charge in [-0.25, -0.2) is 0 Å². The summed E-state index contributed by atoms with van der Waals surface area (Å²) in [5.41, 5.74) is 0.866. The molecule has 1 amide bonds. The minimum Gasteiger partial charge on any atom is -0.493 e. The fourth-order valence-corrected chi connectivity index (χ4v) is 2.34. The van der Waals surface area contributed by atoms with Crippen molar-refractivity contribution >= 4 is 29.1 Å². The van der Waals surface area contributed by atoms with Gasteiger partial charge < -0.3 is 14.8 Å². The third kappa shape index (κ3) is 4.78. The van der Waals surface area contributed by atoms with Crippen molar-refractivity contribution in [2.24, 2.45) is 0 Å². The fraction of sp³-hybridized carbons (Fsp3) is 0.235. The van der Waals surface area contributed by atoms with E-state index in [4.69, 9.17) is 32.7 Å². The van der Waals surface area contributed by atoms with Crippen LogP contribution in [0.2, 0.25) is 10.0 Å². The number of carbonyl (C=O) groups is 1. The van der Waals surface area contributed by atoms with Gasteiger partial charge in [-0.1, -0.05) is 41.4 Å². The molecule has 2 aromatic carbocycles. The molecule has 0 aliphatic heterocycles. The molecule has 0 fully saturated rings. The molecule has 23 heavy (non-hydrogen) atoms. The molecule has 2 rings (SSSR count). The van der Waals surface area contributed by atoms with Crippen LogP contribution in [0.15, 0.2) is 42.5 Å². The average Bonchev–Trinajstić information content (AvgIpc) is 2.55. The van der Waals surface area contributed by atoms with Gasteiger partial charge >= 0.3 is 0 Å². The van der Waals surface area contributed by atoms with E-state index in [9.17, 15) is 4.79 Å². The van der Waals surface area contributed by atoms with Crippen molar-refractivity contribution in [2.45, 2.75) is 13.0 Å². The Balaban J connectivity index is 1.92. The summed E-state index contributed by atoms with van der Waals surface area (Å²) in [5, 5.41) is 3.78. The van der Waals surface area contributed by atoms with Gasteiger partial charge in [0, 0.05) is 0 Å². The lowest BCUT2D eigenvalue weighted by molar-refractivity contribution is -0.123. The Morgan fingerprint density at radius 3 is 2.48 bits per heavy atom. The molecule has 2 aromatic rings. The number of carbonyl (C=O) groups excluding carboxylic acids is 1. The summed E-state index contributed by atoms with van der Waals surface area (Å²) in [4.78, 5) is 12.0. The topological polar surface area (TPSA) is 47.6 Å². The lowest BCUT2D eigenvalue weighted by Crippen LogP contribution is -2.31. The standard InChI is InChI=1S/C17H17Cl2NO3/c1-11(12-7-8-13(18)14(19)9-12)20-17(21)10-23-16-6-4-3-5-15(16)22-2/h3-9,11H,10H2,1-2H3,(H,20,21)/t11-/m1/s1. The molecular weight excluding hydrogens is 337 g/mol. The van der Waals surface area contributed by atoms with Crippen LogP contribution in [0.25, 0.3) is 0 Å². The van der Waals surface area contributed by atoms with Crippen LogP contribution in [0, 0.1) is 0 Å². The van der Waals surface area contributed by atoms with E-state index in [-0.39, 0.29) is 18.6 Å². The summed E-state index contributed by atoms with van der Waals surface area (Å²) in [5.74, 6) is 0.861. The Morgan fingerprint density at radius 1 is 1.13 bits per heavy atom. The van der Waals surface area contributed by atoms with Gasteiger partial charge in [-0.2, -0.15) is 0 Å². The van der Waals surface area contributed by atoms with E-state index in [2.05, 4.69) is 5.32 Å². The SMILES string of the molecule is COc1ccccc1OCC(=O)N[C@H](C)c1ccc(Cl)c(Cl)c1. The second-order valence-electron chi connectivity index (χ2n) is 4.90. The number of halogens is 2. The van der Waals surface area contributed by atoms with Crippen molar-refractivity contribution in [3.63, 3.8) is 0 Å². The van der Waals surface area contributed by atoms with Crippen molar-refractivity contribution in [3.05, 3.63) is 58.1 Å². The summed E-state index contributed by atoms with van der Waals surface area (Å²) in [6, 6.07) is 12.2.